The predicted molar refractivity (Wildman–Crippen MR) is 64.7 cm³/mol. The Morgan fingerprint density at radius 1 is 1.60 bits per heavy atom. The molecule has 5 heteroatoms. The maximum absolute atomic E-state index is 5.03. The second kappa shape index (κ2) is 6.50. The zero-order chi connectivity index (χ0) is 11.1. The molecule has 0 aliphatic heterocycles. The Hall–Kier alpha value is -0.970. The molecule has 0 aliphatic rings. The third kappa shape index (κ3) is 3.95. The van der Waals surface area contributed by atoms with Gasteiger partial charge in [0.05, 0.1) is 7.11 Å². The summed E-state index contributed by atoms with van der Waals surface area (Å²) in [7, 11) is 1.60. The molecule has 0 fully saturated rings. The fourth-order valence-electron chi connectivity index (χ4n) is 1.17. The molecular weight excluding hydrogens is 210 g/mol. The molecule has 1 rings (SSSR count). The van der Waals surface area contributed by atoms with E-state index in [0.717, 1.165) is 12.2 Å². The van der Waals surface area contributed by atoms with Crippen LogP contribution in [-0.4, -0.2) is 35.1 Å². The summed E-state index contributed by atoms with van der Waals surface area (Å²) in [6.45, 7) is 2.15. The number of ether oxygens (including phenoxy) is 1. The van der Waals surface area contributed by atoms with Crippen molar-refractivity contribution in [3.05, 3.63) is 12.3 Å². The van der Waals surface area contributed by atoms with Crippen LogP contribution in [0.2, 0.25) is 0 Å². The minimum Gasteiger partial charge on any atom is -0.481 e. The molecule has 0 aliphatic carbocycles. The summed E-state index contributed by atoms with van der Waals surface area (Å²) in [5, 5.41) is 3.28. The van der Waals surface area contributed by atoms with Crippen molar-refractivity contribution in [1.82, 2.24) is 9.97 Å². The summed E-state index contributed by atoms with van der Waals surface area (Å²) in [6, 6.07) is 2.15. The van der Waals surface area contributed by atoms with Gasteiger partial charge in [-0.25, -0.2) is 4.98 Å². The lowest BCUT2D eigenvalue weighted by atomic mass is 10.3. The molecule has 0 spiro atoms. The smallest absolute Gasteiger partial charge is 0.226 e. The van der Waals surface area contributed by atoms with Gasteiger partial charge in [0, 0.05) is 24.1 Å². The van der Waals surface area contributed by atoms with E-state index in [1.54, 1.807) is 19.4 Å². The van der Waals surface area contributed by atoms with Crippen LogP contribution in [0.3, 0.4) is 0 Å². The number of nitrogens with one attached hydrogen (secondary N) is 1. The lowest BCUT2D eigenvalue weighted by Gasteiger charge is -2.15. The van der Waals surface area contributed by atoms with Crippen molar-refractivity contribution in [1.29, 1.82) is 0 Å². The minimum absolute atomic E-state index is 0.409. The van der Waals surface area contributed by atoms with Crippen molar-refractivity contribution in [2.24, 2.45) is 0 Å². The van der Waals surface area contributed by atoms with Crippen molar-refractivity contribution in [3.8, 4) is 5.88 Å². The van der Waals surface area contributed by atoms with Crippen molar-refractivity contribution < 1.29 is 4.74 Å². The standard InChI is InChI=1S/C10H17N3OS/c1-4-8(7-15-3)12-10-11-6-5-9(13-10)14-2/h5-6,8H,4,7H2,1-3H3,(H,11,12,13). The maximum atomic E-state index is 5.03. The van der Waals surface area contributed by atoms with Crippen LogP contribution in [-0.2, 0) is 0 Å². The highest BCUT2D eigenvalue weighted by atomic mass is 32.2. The van der Waals surface area contributed by atoms with Crippen LogP contribution < -0.4 is 10.1 Å². The van der Waals surface area contributed by atoms with Gasteiger partial charge in [0.1, 0.15) is 0 Å². The molecule has 0 radical (unpaired) electrons. The van der Waals surface area contributed by atoms with E-state index in [2.05, 4.69) is 28.5 Å². The molecule has 4 nitrogen and oxygen atoms in total. The predicted octanol–water partition coefficient (Wildman–Crippen LogP) is 2.04. The quantitative estimate of drug-likeness (QED) is 0.806. The van der Waals surface area contributed by atoms with Crippen LogP contribution in [0.4, 0.5) is 5.95 Å². The lowest BCUT2D eigenvalue weighted by Crippen LogP contribution is -2.22. The van der Waals surface area contributed by atoms with Gasteiger partial charge in [0.25, 0.3) is 0 Å². The van der Waals surface area contributed by atoms with E-state index in [0.29, 0.717) is 17.9 Å². The van der Waals surface area contributed by atoms with Crippen molar-refractivity contribution in [3.63, 3.8) is 0 Å². The second-order valence-corrected chi connectivity index (χ2v) is 4.04. The molecular formula is C10H17N3OS. The largest absolute Gasteiger partial charge is 0.481 e. The first kappa shape index (κ1) is 12.1. The number of hydrogen-bond acceptors (Lipinski definition) is 5. The van der Waals surface area contributed by atoms with E-state index in [4.69, 9.17) is 4.74 Å². The summed E-state index contributed by atoms with van der Waals surface area (Å²) in [6.07, 6.45) is 4.85. The highest BCUT2D eigenvalue weighted by molar-refractivity contribution is 7.98. The Morgan fingerprint density at radius 3 is 3.00 bits per heavy atom. The summed E-state index contributed by atoms with van der Waals surface area (Å²) >= 11 is 1.81. The van der Waals surface area contributed by atoms with E-state index >= 15 is 0 Å². The zero-order valence-corrected chi connectivity index (χ0v) is 10.2. The first-order chi connectivity index (χ1) is 7.30. The molecule has 0 amide bonds. The van der Waals surface area contributed by atoms with E-state index in [-0.39, 0.29) is 0 Å². The third-order valence-corrected chi connectivity index (χ3v) is 2.77. The summed E-state index contributed by atoms with van der Waals surface area (Å²) in [5.41, 5.74) is 0. The zero-order valence-electron chi connectivity index (χ0n) is 9.36. The molecule has 84 valence electrons. The van der Waals surface area contributed by atoms with Crippen molar-refractivity contribution in [2.75, 3.05) is 24.4 Å². The van der Waals surface area contributed by atoms with Crippen LogP contribution in [0.15, 0.2) is 12.3 Å². The first-order valence-corrected chi connectivity index (χ1v) is 6.32. The Kier molecular flexibility index (Phi) is 5.25. The van der Waals surface area contributed by atoms with Crippen molar-refractivity contribution in [2.45, 2.75) is 19.4 Å². The molecule has 1 atom stereocenters. The molecule has 1 aromatic heterocycles. The Morgan fingerprint density at radius 2 is 2.40 bits per heavy atom. The second-order valence-electron chi connectivity index (χ2n) is 3.13. The SMILES string of the molecule is CCC(CSC)Nc1nccc(OC)n1. The van der Waals surface area contributed by atoms with Gasteiger partial charge in [0.2, 0.25) is 11.8 Å². The van der Waals surface area contributed by atoms with Gasteiger partial charge in [-0.15, -0.1) is 0 Å². The van der Waals surface area contributed by atoms with Gasteiger partial charge < -0.3 is 10.1 Å². The Balaban J connectivity index is 2.61. The topological polar surface area (TPSA) is 47.0 Å². The van der Waals surface area contributed by atoms with E-state index in [1.165, 1.54) is 0 Å². The van der Waals surface area contributed by atoms with E-state index in [1.807, 2.05) is 11.8 Å². The highest BCUT2D eigenvalue weighted by Crippen LogP contribution is 2.11. The molecule has 0 saturated heterocycles. The molecule has 1 heterocycles. The minimum atomic E-state index is 0.409. The van der Waals surface area contributed by atoms with Crippen LogP contribution in [0, 0.1) is 0 Å². The van der Waals surface area contributed by atoms with Crippen LogP contribution in [0.5, 0.6) is 5.88 Å². The van der Waals surface area contributed by atoms with E-state index < -0.39 is 0 Å². The Bertz CT molecular complexity index is 296. The number of aromatic nitrogens is 2. The van der Waals surface area contributed by atoms with Gasteiger partial charge >= 0.3 is 0 Å². The van der Waals surface area contributed by atoms with Crippen LogP contribution in [0.1, 0.15) is 13.3 Å². The number of hydrogen-bond donors (Lipinski definition) is 1. The van der Waals surface area contributed by atoms with Gasteiger partial charge in [-0.3, -0.25) is 0 Å². The normalized spacial score (nSPS) is 12.2. The molecule has 15 heavy (non-hydrogen) atoms. The van der Waals surface area contributed by atoms with Crippen LogP contribution in [0.25, 0.3) is 0 Å². The van der Waals surface area contributed by atoms with Gasteiger partial charge in [-0.05, 0) is 12.7 Å². The number of nitrogens with zero attached hydrogens (tertiary/aromatic N) is 2. The number of anilines is 1. The van der Waals surface area contributed by atoms with Gasteiger partial charge in [-0.1, -0.05) is 6.92 Å². The summed E-state index contributed by atoms with van der Waals surface area (Å²) in [5.74, 6) is 2.28. The van der Waals surface area contributed by atoms with Crippen molar-refractivity contribution >= 4 is 17.7 Å². The molecule has 1 aromatic rings. The molecule has 1 N–H and O–H groups in total. The molecule has 0 bridgehead atoms. The average Bonchev–Trinajstić information content (AvgIpc) is 2.29. The number of thioether (sulfide) groups is 1. The fraction of sp³-hybridized carbons (Fsp3) is 0.600. The van der Waals surface area contributed by atoms with Crippen LogP contribution >= 0.6 is 11.8 Å². The highest BCUT2D eigenvalue weighted by Gasteiger charge is 2.07. The monoisotopic (exact) mass is 227 g/mol. The first-order valence-electron chi connectivity index (χ1n) is 4.92. The summed E-state index contributed by atoms with van der Waals surface area (Å²) < 4.78 is 5.03. The lowest BCUT2D eigenvalue weighted by molar-refractivity contribution is 0.397. The van der Waals surface area contributed by atoms with Gasteiger partial charge in [-0.2, -0.15) is 16.7 Å². The summed E-state index contributed by atoms with van der Waals surface area (Å²) in [4.78, 5) is 8.35. The van der Waals surface area contributed by atoms with E-state index in [9.17, 15) is 0 Å². The average molecular weight is 227 g/mol. The molecule has 0 saturated carbocycles. The number of methoxy groups -OCH3 is 1. The third-order valence-electron chi connectivity index (χ3n) is 2.03. The molecule has 1 unspecified atom stereocenters. The Labute approximate surface area is 94.8 Å². The maximum Gasteiger partial charge on any atom is 0.226 e. The number of rotatable bonds is 6. The molecule has 0 aromatic carbocycles. The van der Waals surface area contributed by atoms with Gasteiger partial charge in [0.15, 0.2) is 0 Å². The fourth-order valence-corrected chi connectivity index (χ4v) is 1.89.